The van der Waals surface area contributed by atoms with E-state index in [2.05, 4.69) is 4.99 Å². The molecular formula is C40H39NO11. The van der Waals surface area contributed by atoms with Crippen LogP contribution in [0, 0.1) is 0 Å². The van der Waals surface area contributed by atoms with Crippen LogP contribution in [0.25, 0.3) is 11.1 Å². The number of hydrogen-bond donors (Lipinski definition) is 1. The third kappa shape index (κ3) is 10.0. The van der Waals surface area contributed by atoms with Crippen molar-refractivity contribution in [2.24, 2.45) is 4.99 Å². The zero-order valence-electron chi connectivity index (χ0n) is 29.1. The molecule has 0 bridgehead atoms. The van der Waals surface area contributed by atoms with Gasteiger partial charge in [-0.3, -0.25) is 24.2 Å². The number of benzene rings is 4. The first kappa shape index (κ1) is 37.3. The van der Waals surface area contributed by atoms with Crippen LogP contribution in [-0.4, -0.2) is 66.2 Å². The highest BCUT2D eigenvalue weighted by Gasteiger charge is 2.52. The first-order valence-corrected chi connectivity index (χ1v) is 16.5. The van der Waals surface area contributed by atoms with E-state index in [1.807, 2.05) is 60.7 Å². The smallest absolute Gasteiger partial charge is 0.303 e. The predicted molar refractivity (Wildman–Crippen MR) is 189 cm³/mol. The van der Waals surface area contributed by atoms with E-state index in [-0.39, 0.29) is 12.4 Å². The Morgan fingerprint density at radius 3 is 1.96 bits per heavy atom. The van der Waals surface area contributed by atoms with Crippen LogP contribution in [0.1, 0.15) is 50.5 Å². The Morgan fingerprint density at radius 1 is 0.712 bits per heavy atom. The molecule has 5 unspecified atom stereocenters. The quantitative estimate of drug-likeness (QED) is 0.102. The molecule has 1 N–H and O–H groups in total. The molecule has 4 aromatic rings. The summed E-state index contributed by atoms with van der Waals surface area (Å²) in [5, 5.41) is 9.63. The molecule has 12 heteroatoms. The molecule has 1 aliphatic heterocycles. The second kappa shape index (κ2) is 17.3. The Hall–Kier alpha value is -6.01. The van der Waals surface area contributed by atoms with Crippen LogP contribution in [0.3, 0.4) is 0 Å². The summed E-state index contributed by atoms with van der Waals surface area (Å²) in [6.07, 6.45) is -4.10. The standard InChI is InChI=1S/C40H39NO11/c1-24(42)47-23-36-38(49-25(2)43)40(51-27(4)45)39(50-26(3)44)37(52-36)30-12-10-29(11-13-30)31-14-15-32(21-41-33-16-18-34(46)19-17-33)35(20-31)48-22-28-8-6-5-7-9-28/h5-21,36-40,46H,22-23H2,1-4H3. The number of rotatable bonds is 12. The highest BCUT2D eigenvalue weighted by Crippen LogP contribution is 2.39. The lowest BCUT2D eigenvalue weighted by Crippen LogP contribution is -2.59. The number of phenolic OH excluding ortho intramolecular Hbond substituents is 1. The van der Waals surface area contributed by atoms with Crippen molar-refractivity contribution in [2.75, 3.05) is 6.61 Å². The predicted octanol–water partition coefficient (Wildman–Crippen LogP) is 6.19. The summed E-state index contributed by atoms with van der Waals surface area (Å²) >= 11 is 0. The summed E-state index contributed by atoms with van der Waals surface area (Å²) in [6, 6.07) is 29.3. The van der Waals surface area contributed by atoms with Crippen LogP contribution < -0.4 is 4.74 Å². The number of carbonyl (C=O) groups excluding carboxylic acids is 4. The van der Waals surface area contributed by atoms with E-state index in [1.165, 1.54) is 27.7 Å². The van der Waals surface area contributed by atoms with Gasteiger partial charge in [0.2, 0.25) is 0 Å². The summed E-state index contributed by atoms with van der Waals surface area (Å²) < 4.78 is 34.5. The van der Waals surface area contributed by atoms with Crippen LogP contribution in [0.15, 0.2) is 102 Å². The van der Waals surface area contributed by atoms with Crippen molar-refractivity contribution in [3.05, 3.63) is 114 Å². The Balaban J connectivity index is 1.47. The third-order valence-corrected chi connectivity index (χ3v) is 8.02. The second-order valence-electron chi connectivity index (χ2n) is 12.0. The van der Waals surface area contributed by atoms with E-state index in [1.54, 1.807) is 42.6 Å². The maximum Gasteiger partial charge on any atom is 0.303 e. The molecule has 4 aromatic carbocycles. The van der Waals surface area contributed by atoms with Crippen molar-refractivity contribution < 1.29 is 52.7 Å². The molecule has 1 aliphatic rings. The Kier molecular flexibility index (Phi) is 12.4. The molecule has 1 fully saturated rings. The number of esters is 4. The highest BCUT2D eigenvalue weighted by molar-refractivity contribution is 5.87. The van der Waals surface area contributed by atoms with Crippen molar-refractivity contribution in [2.45, 2.75) is 64.8 Å². The molecule has 1 saturated heterocycles. The van der Waals surface area contributed by atoms with Crippen molar-refractivity contribution in [3.63, 3.8) is 0 Å². The summed E-state index contributed by atoms with van der Waals surface area (Å²) in [7, 11) is 0. The first-order valence-electron chi connectivity index (χ1n) is 16.5. The van der Waals surface area contributed by atoms with E-state index < -0.39 is 54.4 Å². The molecule has 0 amide bonds. The van der Waals surface area contributed by atoms with Gasteiger partial charge in [0.1, 0.15) is 36.9 Å². The summed E-state index contributed by atoms with van der Waals surface area (Å²) in [5.74, 6) is -1.94. The van der Waals surface area contributed by atoms with Gasteiger partial charge in [-0.05, 0) is 58.7 Å². The molecule has 0 radical (unpaired) electrons. The largest absolute Gasteiger partial charge is 0.508 e. The van der Waals surface area contributed by atoms with Gasteiger partial charge >= 0.3 is 23.9 Å². The molecule has 270 valence electrons. The van der Waals surface area contributed by atoms with Crippen LogP contribution in [0.2, 0.25) is 0 Å². The van der Waals surface area contributed by atoms with Gasteiger partial charge in [0, 0.05) is 39.5 Å². The molecule has 0 saturated carbocycles. The summed E-state index contributed by atoms with van der Waals surface area (Å²) in [6.45, 7) is 4.78. The number of carbonyl (C=O) groups is 4. The Bertz CT molecular complexity index is 1890. The van der Waals surface area contributed by atoms with Crippen LogP contribution >= 0.6 is 0 Å². The minimum atomic E-state index is -1.27. The molecule has 12 nitrogen and oxygen atoms in total. The van der Waals surface area contributed by atoms with Gasteiger partial charge < -0.3 is 33.5 Å². The molecule has 1 heterocycles. The van der Waals surface area contributed by atoms with Crippen molar-refractivity contribution in [1.29, 1.82) is 0 Å². The number of ether oxygens (including phenoxy) is 6. The van der Waals surface area contributed by atoms with Gasteiger partial charge in [0.25, 0.3) is 0 Å². The van der Waals surface area contributed by atoms with Gasteiger partial charge in [-0.2, -0.15) is 0 Å². The van der Waals surface area contributed by atoms with Crippen molar-refractivity contribution in [3.8, 4) is 22.6 Å². The molecular weight excluding hydrogens is 670 g/mol. The molecule has 0 aromatic heterocycles. The van der Waals surface area contributed by atoms with Crippen molar-refractivity contribution >= 4 is 35.8 Å². The maximum absolute atomic E-state index is 12.3. The van der Waals surface area contributed by atoms with E-state index in [9.17, 15) is 24.3 Å². The number of aliphatic imine (C=N–C) groups is 1. The van der Waals surface area contributed by atoms with E-state index in [4.69, 9.17) is 28.4 Å². The number of phenols is 1. The molecule has 5 rings (SSSR count). The average molecular weight is 710 g/mol. The topological polar surface area (TPSA) is 156 Å². The maximum atomic E-state index is 12.3. The average Bonchev–Trinajstić information content (AvgIpc) is 3.11. The van der Waals surface area contributed by atoms with Gasteiger partial charge in [-0.15, -0.1) is 0 Å². The van der Waals surface area contributed by atoms with Crippen LogP contribution in [-0.2, 0) is 49.5 Å². The Morgan fingerprint density at radius 2 is 1.33 bits per heavy atom. The van der Waals surface area contributed by atoms with Crippen LogP contribution in [0.4, 0.5) is 5.69 Å². The van der Waals surface area contributed by atoms with Crippen LogP contribution in [0.5, 0.6) is 11.5 Å². The fourth-order valence-electron chi connectivity index (χ4n) is 5.73. The van der Waals surface area contributed by atoms with Gasteiger partial charge in [0.15, 0.2) is 18.3 Å². The lowest BCUT2D eigenvalue weighted by molar-refractivity contribution is -0.254. The number of nitrogens with zero attached hydrogens (tertiary/aromatic N) is 1. The first-order chi connectivity index (χ1) is 25.0. The second-order valence-corrected chi connectivity index (χ2v) is 12.0. The molecule has 0 aliphatic carbocycles. The summed E-state index contributed by atoms with van der Waals surface area (Å²) in [5.41, 5.74) is 4.59. The molecule has 5 atom stereocenters. The van der Waals surface area contributed by atoms with E-state index >= 15 is 0 Å². The lowest BCUT2D eigenvalue weighted by Gasteiger charge is -2.44. The highest BCUT2D eigenvalue weighted by atomic mass is 16.7. The zero-order chi connectivity index (χ0) is 37.2. The third-order valence-electron chi connectivity index (χ3n) is 8.02. The minimum absolute atomic E-state index is 0.148. The summed E-state index contributed by atoms with van der Waals surface area (Å²) in [4.78, 5) is 52.9. The van der Waals surface area contributed by atoms with Gasteiger partial charge in [0.05, 0.1) is 5.69 Å². The fraction of sp³-hybridized carbons (Fsp3) is 0.275. The number of aromatic hydroxyl groups is 1. The lowest BCUT2D eigenvalue weighted by atomic mass is 9.89. The van der Waals surface area contributed by atoms with Gasteiger partial charge in [-0.1, -0.05) is 60.7 Å². The minimum Gasteiger partial charge on any atom is -0.508 e. The van der Waals surface area contributed by atoms with E-state index in [0.29, 0.717) is 23.6 Å². The molecule has 0 spiro atoms. The monoisotopic (exact) mass is 709 g/mol. The van der Waals surface area contributed by atoms with E-state index in [0.717, 1.165) is 22.3 Å². The Labute approximate surface area is 300 Å². The zero-order valence-corrected chi connectivity index (χ0v) is 29.1. The van der Waals surface area contributed by atoms with Crippen molar-refractivity contribution in [1.82, 2.24) is 0 Å². The van der Waals surface area contributed by atoms with Gasteiger partial charge in [-0.25, -0.2) is 0 Å². The SMILES string of the molecule is CC(=O)OCC1OC(c2ccc(-c3ccc(C=Nc4ccc(O)cc4)c(OCc4ccccc4)c3)cc2)C(OC(C)=O)C(OC(C)=O)C1OC(C)=O. The molecule has 52 heavy (non-hydrogen) atoms. The fourth-order valence-corrected chi connectivity index (χ4v) is 5.73. The normalized spacial score (nSPS) is 19.7. The number of hydrogen-bond acceptors (Lipinski definition) is 12.